The SMILES string of the molecule is O=C1C=CCC(=O)NN1. The summed E-state index contributed by atoms with van der Waals surface area (Å²) in [5, 5.41) is 0. The van der Waals surface area contributed by atoms with E-state index in [9.17, 15) is 9.59 Å². The zero-order valence-corrected chi connectivity index (χ0v) is 4.68. The van der Waals surface area contributed by atoms with E-state index in [0.717, 1.165) is 0 Å². The third-order valence-electron chi connectivity index (χ3n) is 0.898. The van der Waals surface area contributed by atoms with Crippen LogP contribution in [0.15, 0.2) is 12.2 Å². The fourth-order valence-corrected chi connectivity index (χ4v) is 0.497. The molecule has 0 aromatic rings. The monoisotopic (exact) mass is 126 g/mol. The molecule has 2 amide bonds. The molecule has 4 heteroatoms. The first-order chi connectivity index (χ1) is 4.29. The van der Waals surface area contributed by atoms with Gasteiger partial charge in [0.1, 0.15) is 0 Å². The van der Waals surface area contributed by atoms with Crippen molar-refractivity contribution >= 4 is 11.8 Å². The smallest absolute Gasteiger partial charge is 0.262 e. The van der Waals surface area contributed by atoms with Gasteiger partial charge in [0.05, 0.1) is 0 Å². The number of hydrogen-bond donors (Lipinski definition) is 2. The van der Waals surface area contributed by atoms with E-state index in [0.29, 0.717) is 0 Å². The van der Waals surface area contributed by atoms with E-state index in [2.05, 4.69) is 10.9 Å². The summed E-state index contributed by atoms with van der Waals surface area (Å²) < 4.78 is 0. The van der Waals surface area contributed by atoms with E-state index in [1.54, 1.807) is 0 Å². The quantitative estimate of drug-likeness (QED) is 0.441. The molecule has 0 saturated heterocycles. The van der Waals surface area contributed by atoms with Crippen molar-refractivity contribution in [1.29, 1.82) is 0 Å². The Kier molecular flexibility index (Phi) is 1.48. The van der Waals surface area contributed by atoms with E-state index in [1.165, 1.54) is 12.2 Å². The maximum absolute atomic E-state index is 10.5. The number of rotatable bonds is 0. The molecule has 1 rings (SSSR count). The third kappa shape index (κ3) is 1.56. The second kappa shape index (κ2) is 2.30. The summed E-state index contributed by atoms with van der Waals surface area (Å²) in [6.45, 7) is 0. The van der Waals surface area contributed by atoms with Gasteiger partial charge in [-0.1, -0.05) is 6.08 Å². The highest BCUT2D eigenvalue weighted by Crippen LogP contribution is 1.85. The van der Waals surface area contributed by atoms with Gasteiger partial charge in [-0.25, -0.2) is 0 Å². The summed E-state index contributed by atoms with van der Waals surface area (Å²) in [5.74, 6) is -0.488. The molecule has 1 aliphatic heterocycles. The standard InChI is InChI=1S/C5H6N2O2/c8-4-2-1-3-5(9)7-6-4/h1-2H,3H2,(H,6,8)(H,7,9). The van der Waals surface area contributed by atoms with Gasteiger partial charge in [-0.05, 0) is 0 Å². The van der Waals surface area contributed by atoms with Crippen molar-refractivity contribution in [1.82, 2.24) is 10.9 Å². The summed E-state index contributed by atoms with van der Waals surface area (Å²) >= 11 is 0. The Morgan fingerprint density at radius 2 is 2.11 bits per heavy atom. The van der Waals surface area contributed by atoms with Gasteiger partial charge in [0.15, 0.2) is 0 Å². The Balaban J connectivity index is 2.58. The Morgan fingerprint density at radius 1 is 1.33 bits per heavy atom. The lowest BCUT2D eigenvalue weighted by Gasteiger charge is -1.97. The molecule has 48 valence electrons. The van der Waals surface area contributed by atoms with Crippen molar-refractivity contribution in [2.24, 2.45) is 0 Å². The van der Waals surface area contributed by atoms with E-state index >= 15 is 0 Å². The van der Waals surface area contributed by atoms with Crippen molar-refractivity contribution in [3.8, 4) is 0 Å². The zero-order valence-electron chi connectivity index (χ0n) is 4.68. The Hall–Kier alpha value is -1.32. The highest BCUT2D eigenvalue weighted by Gasteiger charge is 2.03. The Labute approximate surface area is 51.9 Å². The summed E-state index contributed by atoms with van der Waals surface area (Å²) in [6.07, 6.45) is 3.09. The second-order valence-corrected chi connectivity index (χ2v) is 1.64. The molecule has 1 aliphatic rings. The minimum absolute atomic E-state index is 0.197. The molecule has 0 bridgehead atoms. The number of amides is 2. The first-order valence-electron chi connectivity index (χ1n) is 2.54. The minimum atomic E-state index is -0.291. The van der Waals surface area contributed by atoms with Crippen LogP contribution in [0, 0.1) is 0 Å². The normalized spacial score (nSPS) is 18.2. The largest absolute Gasteiger partial charge is 0.273 e. The topological polar surface area (TPSA) is 58.2 Å². The van der Waals surface area contributed by atoms with Crippen LogP contribution in [0.1, 0.15) is 6.42 Å². The molecule has 0 aliphatic carbocycles. The van der Waals surface area contributed by atoms with Crippen LogP contribution in [-0.2, 0) is 9.59 Å². The molecule has 2 N–H and O–H groups in total. The van der Waals surface area contributed by atoms with E-state index in [-0.39, 0.29) is 18.2 Å². The summed E-state index contributed by atoms with van der Waals surface area (Å²) in [5.41, 5.74) is 4.36. The van der Waals surface area contributed by atoms with Crippen molar-refractivity contribution in [2.75, 3.05) is 0 Å². The molecule has 1 heterocycles. The predicted molar refractivity (Wildman–Crippen MR) is 30.0 cm³/mol. The Bertz CT molecular complexity index is 174. The van der Waals surface area contributed by atoms with Crippen LogP contribution in [0.25, 0.3) is 0 Å². The molecule has 4 nitrogen and oxygen atoms in total. The van der Waals surface area contributed by atoms with Gasteiger partial charge in [0, 0.05) is 12.5 Å². The van der Waals surface area contributed by atoms with Gasteiger partial charge in [0.2, 0.25) is 5.91 Å². The van der Waals surface area contributed by atoms with Crippen LogP contribution in [-0.4, -0.2) is 11.8 Å². The van der Waals surface area contributed by atoms with E-state index in [1.807, 2.05) is 0 Å². The highest BCUT2D eigenvalue weighted by atomic mass is 16.2. The van der Waals surface area contributed by atoms with E-state index < -0.39 is 0 Å². The zero-order chi connectivity index (χ0) is 6.69. The summed E-state index contributed by atoms with van der Waals surface area (Å²) in [6, 6.07) is 0. The van der Waals surface area contributed by atoms with E-state index in [4.69, 9.17) is 0 Å². The van der Waals surface area contributed by atoms with Crippen LogP contribution < -0.4 is 10.9 Å². The maximum atomic E-state index is 10.5. The fraction of sp³-hybridized carbons (Fsp3) is 0.200. The van der Waals surface area contributed by atoms with Gasteiger partial charge in [0.25, 0.3) is 5.91 Å². The third-order valence-corrected chi connectivity index (χ3v) is 0.898. The molecule has 0 aromatic carbocycles. The van der Waals surface area contributed by atoms with Gasteiger partial charge in [-0.15, -0.1) is 0 Å². The molecule has 0 atom stereocenters. The maximum Gasteiger partial charge on any atom is 0.262 e. The van der Waals surface area contributed by atoms with Crippen LogP contribution in [0.5, 0.6) is 0 Å². The molecule has 0 saturated carbocycles. The lowest BCUT2D eigenvalue weighted by Crippen LogP contribution is -2.38. The van der Waals surface area contributed by atoms with Gasteiger partial charge < -0.3 is 0 Å². The molecule has 0 fully saturated rings. The number of nitrogens with one attached hydrogen (secondary N) is 2. The molecule has 9 heavy (non-hydrogen) atoms. The number of carbonyl (C=O) groups excluding carboxylic acids is 2. The van der Waals surface area contributed by atoms with Crippen molar-refractivity contribution in [3.05, 3.63) is 12.2 Å². The number of carbonyl (C=O) groups is 2. The molecule has 0 unspecified atom stereocenters. The van der Waals surface area contributed by atoms with Gasteiger partial charge >= 0.3 is 0 Å². The highest BCUT2D eigenvalue weighted by molar-refractivity contribution is 5.92. The summed E-state index contributed by atoms with van der Waals surface area (Å²) in [4.78, 5) is 20.9. The second-order valence-electron chi connectivity index (χ2n) is 1.64. The molecular weight excluding hydrogens is 120 g/mol. The van der Waals surface area contributed by atoms with Crippen LogP contribution in [0.3, 0.4) is 0 Å². The van der Waals surface area contributed by atoms with Gasteiger partial charge in [-0.2, -0.15) is 0 Å². The average molecular weight is 126 g/mol. The Morgan fingerprint density at radius 3 is 2.89 bits per heavy atom. The lowest BCUT2D eigenvalue weighted by atomic mass is 10.4. The van der Waals surface area contributed by atoms with Crippen LogP contribution in [0.4, 0.5) is 0 Å². The first kappa shape index (κ1) is 5.81. The van der Waals surface area contributed by atoms with Crippen molar-refractivity contribution in [3.63, 3.8) is 0 Å². The lowest BCUT2D eigenvalue weighted by molar-refractivity contribution is -0.125. The number of hydrazine groups is 1. The van der Waals surface area contributed by atoms with Gasteiger partial charge in [-0.3, -0.25) is 20.4 Å². The molecule has 0 aromatic heterocycles. The molecular formula is C5H6N2O2. The van der Waals surface area contributed by atoms with Crippen molar-refractivity contribution < 1.29 is 9.59 Å². The first-order valence-corrected chi connectivity index (χ1v) is 2.54. The predicted octanol–water partition coefficient (Wildman–Crippen LogP) is -0.906. The van der Waals surface area contributed by atoms with Crippen LogP contribution in [0.2, 0.25) is 0 Å². The molecule has 0 radical (unpaired) electrons. The van der Waals surface area contributed by atoms with Crippen LogP contribution >= 0.6 is 0 Å². The fourth-order valence-electron chi connectivity index (χ4n) is 0.497. The number of hydrogen-bond acceptors (Lipinski definition) is 2. The van der Waals surface area contributed by atoms with Crippen molar-refractivity contribution in [2.45, 2.75) is 6.42 Å². The minimum Gasteiger partial charge on any atom is -0.273 e. The summed E-state index contributed by atoms with van der Waals surface area (Å²) in [7, 11) is 0. The average Bonchev–Trinajstić information content (AvgIpc) is 1.97. The molecule has 0 spiro atoms.